The average molecular weight is 273 g/mol. The average Bonchev–Trinajstić information content (AvgIpc) is 2.89. The Morgan fingerprint density at radius 1 is 1.15 bits per heavy atom. The second-order valence-corrected chi connectivity index (χ2v) is 4.88. The topological polar surface area (TPSA) is 29.1 Å². The monoisotopic (exact) mass is 273 g/mol. The number of benzene rings is 2. The Labute approximate surface area is 115 Å². The Balaban J connectivity index is 1.82. The van der Waals surface area contributed by atoms with Crippen molar-refractivity contribution in [2.24, 2.45) is 0 Å². The molecule has 20 heavy (non-hydrogen) atoms. The summed E-state index contributed by atoms with van der Waals surface area (Å²) in [7, 11) is 0. The van der Waals surface area contributed by atoms with Gasteiger partial charge < -0.3 is 5.32 Å². The van der Waals surface area contributed by atoms with Crippen LogP contribution in [0.1, 0.15) is 21.5 Å². The number of hydrogen-bond acceptors (Lipinski definition) is 2. The third-order valence-electron chi connectivity index (χ3n) is 3.51. The fraction of sp³-hybridized carbons (Fsp3) is 0.188. The summed E-state index contributed by atoms with van der Waals surface area (Å²) < 4.78 is 26.4. The normalized spacial score (nSPS) is 12.9. The molecule has 1 aliphatic rings. The second kappa shape index (κ2) is 5.04. The highest BCUT2D eigenvalue weighted by atomic mass is 19.1. The van der Waals surface area contributed by atoms with Crippen molar-refractivity contribution in [1.29, 1.82) is 0 Å². The minimum Gasteiger partial charge on any atom is -0.384 e. The molecular weight excluding hydrogens is 260 g/mol. The van der Waals surface area contributed by atoms with Gasteiger partial charge >= 0.3 is 0 Å². The Hall–Kier alpha value is -2.23. The zero-order valence-electron chi connectivity index (χ0n) is 10.7. The SMILES string of the molecule is O=C(Cc1ccc(F)cc1F)c1ccc2c(c1)NCC2. The van der Waals surface area contributed by atoms with E-state index < -0.39 is 11.6 Å². The predicted octanol–water partition coefficient (Wildman–Crippen LogP) is 3.36. The molecule has 102 valence electrons. The highest BCUT2D eigenvalue weighted by Gasteiger charge is 2.15. The molecule has 0 saturated heterocycles. The fourth-order valence-electron chi connectivity index (χ4n) is 2.40. The molecule has 3 rings (SSSR count). The van der Waals surface area contributed by atoms with Crippen molar-refractivity contribution in [3.63, 3.8) is 0 Å². The van der Waals surface area contributed by atoms with Crippen LogP contribution in [0.2, 0.25) is 0 Å². The van der Waals surface area contributed by atoms with E-state index in [2.05, 4.69) is 5.32 Å². The third-order valence-corrected chi connectivity index (χ3v) is 3.51. The first-order chi connectivity index (χ1) is 9.63. The molecule has 0 bridgehead atoms. The van der Waals surface area contributed by atoms with Crippen molar-refractivity contribution >= 4 is 11.5 Å². The van der Waals surface area contributed by atoms with Crippen molar-refractivity contribution in [2.45, 2.75) is 12.8 Å². The number of halogens is 2. The number of carbonyl (C=O) groups is 1. The van der Waals surface area contributed by atoms with Crippen molar-refractivity contribution < 1.29 is 13.6 Å². The van der Waals surface area contributed by atoms with Crippen LogP contribution < -0.4 is 5.32 Å². The summed E-state index contributed by atoms with van der Waals surface area (Å²) in [4.78, 5) is 12.2. The lowest BCUT2D eigenvalue weighted by atomic mass is 10.0. The zero-order valence-corrected chi connectivity index (χ0v) is 10.7. The quantitative estimate of drug-likeness (QED) is 0.869. The molecule has 0 aromatic heterocycles. The van der Waals surface area contributed by atoms with Crippen LogP contribution in [0.4, 0.5) is 14.5 Å². The first-order valence-corrected chi connectivity index (χ1v) is 6.47. The number of nitrogens with one attached hydrogen (secondary N) is 1. The van der Waals surface area contributed by atoms with E-state index in [1.54, 1.807) is 12.1 Å². The van der Waals surface area contributed by atoms with Crippen LogP contribution in [0.5, 0.6) is 0 Å². The van der Waals surface area contributed by atoms with E-state index in [1.807, 2.05) is 6.07 Å². The maximum absolute atomic E-state index is 13.5. The van der Waals surface area contributed by atoms with Crippen molar-refractivity contribution in [2.75, 3.05) is 11.9 Å². The Morgan fingerprint density at radius 2 is 2.00 bits per heavy atom. The Bertz CT molecular complexity index is 682. The van der Waals surface area contributed by atoms with Gasteiger partial charge in [-0.25, -0.2) is 8.78 Å². The number of Topliss-reactive ketones (excluding diaryl/α,β-unsaturated/α-hetero) is 1. The lowest BCUT2D eigenvalue weighted by Gasteiger charge is -2.06. The van der Waals surface area contributed by atoms with Gasteiger partial charge in [-0.1, -0.05) is 18.2 Å². The molecule has 1 heterocycles. The minimum absolute atomic E-state index is 0.0646. The van der Waals surface area contributed by atoms with Gasteiger partial charge in [-0.05, 0) is 29.7 Å². The van der Waals surface area contributed by atoms with Crippen LogP contribution >= 0.6 is 0 Å². The molecule has 0 saturated carbocycles. The predicted molar refractivity (Wildman–Crippen MR) is 73.0 cm³/mol. The van der Waals surface area contributed by atoms with Crippen LogP contribution in [0, 0.1) is 11.6 Å². The van der Waals surface area contributed by atoms with Crippen LogP contribution in [0.3, 0.4) is 0 Å². The first-order valence-electron chi connectivity index (χ1n) is 6.47. The van der Waals surface area contributed by atoms with E-state index in [1.165, 1.54) is 11.6 Å². The molecule has 1 N–H and O–H groups in total. The molecule has 2 aromatic carbocycles. The van der Waals surface area contributed by atoms with E-state index in [4.69, 9.17) is 0 Å². The van der Waals surface area contributed by atoms with Gasteiger partial charge in [-0.3, -0.25) is 4.79 Å². The Morgan fingerprint density at radius 3 is 2.80 bits per heavy atom. The number of rotatable bonds is 3. The molecule has 1 aliphatic heterocycles. The van der Waals surface area contributed by atoms with Gasteiger partial charge in [0.05, 0.1) is 0 Å². The number of carbonyl (C=O) groups excluding carboxylic acids is 1. The van der Waals surface area contributed by atoms with E-state index in [0.29, 0.717) is 5.56 Å². The fourth-order valence-corrected chi connectivity index (χ4v) is 2.40. The van der Waals surface area contributed by atoms with Crippen molar-refractivity contribution in [3.05, 3.63) is 64.7 Å². The van der Waals surface area contributed by atoms with E-state index >= 15 is 0 Å². The zero-order chi connectivity index (χ0) is 14.1. The van der Waals surface area contributed by atoms with Gasteiger partial charge in [0.15, 0.2) is 5.78 Å². The standard InChI is InChI=1S/C16H13F2NO/c17-13-4-3-11(14(18)9-13)8-16(20)12-2-1-10-5-6-19-15(10)7-12/h1-4,7,9,19H,5-6,8H2. The molecule has 2 aromatic rings. The van der Waals surface area contributed by atoms with Gasteiger partial charge in [-0.15, -0.1) is 0 Å². The molecule has 4 heteroatoms. The largest absolute Gasteiger partial charge is 0.384 e. The number of fused-ring (bicyclic) bond motifs is 1. The second-order valence-electron chi connectivity index (χ2n) is 4.88. The number of anilines is 1. The van der Waals surface area contributed by atoms with Crippen LogP contribution in [0.25, 0.3) is 0 Å². The molecule has 0 unspecified atom stereocenters. The highest BCUT2D eigenvalue weighted by Crippen LogP contribution is 2.24. The van der Waals surface area contributed by atoms with E-state index in [-0.39, 0.29) is 17.8 Å². The third kappa shape index (κ3) is 2.41. The summed E-state index contributed by atoms with van der Waals surface area (Å²) in [5, 5.41) is 3.20. The molecule has 0 atom stereocenters. The summed E-state index contributed by atoms with van der Waals surface area (Å²) >= 11 is 0. The maximum atomic E-state index is 13.5. The Kier molecular flexibility index (Phi) is 3.22. The molecule has 0 fully saturated rings. The molecule has 0 radical (unpaired) electrons. The number of hydrogen-bond donors (Lipinski definition) is 1. The summed E-state index contributed by atoms with van der Waals surface area (Å²) in [6.45, 7) is 0.875. The smallest absolute Gasteiger partial charge is 0.167 e. The van der Waals surface area contributed by atoms with Gasteiger partial charge in [0.1, 0.15) is 11.6 Å². The first kappa shape index (κ1) is 12.8. The van der Waals surface area contributed by atoms with Crippen LogP contribution in [0.15, 0.2) is 36.4 Å². The highest BCUT2D eigenvalue weighted by molar-refractivity contribution is 5.98. The van der Waals surface area contributed by atoms with Gasteiger partial charge in [-0.2, -0.15) is 0 Å². The summed E-state index contributed by atoms with van der Waals surface area (Å²) in [5.74, 6) is -1.50. The van der Waals surface area contributed by atoms with E-state index in [0.717, 1.165) is 30.8 Å². The van der Waals surface area contributed by atoms with Gasteiger partial charge in [0, 0.05) is 30.3 Å². The summed E-state index contributed by atoms with van der Waals surface area (Å²) in [6, 6.07) is 8.75. The lowest BCUT2D eigenvalue weighted by Crippen LogP contribution is -2.06. The molecule has 0 aliphatic carbocycles. The van der Waals surface area contributed by atoms with Crippen LogP contribution in [-0.2, 0) is 12.8 Å². The summed E-state index contributed by atoms with van der Waals surface area (Å²) in [5.41, 5.74) is 2.91. The minimum atomic E-state index is -0.683. The molecule has 0 spiro atoms. The van der Waals surface area contributed by atoms with Crippen LogP contribution in [-0.4, -0.2) is 12.3 Å². The van der Waals surface area contributed by atoms with Gasteiger partial charge in [0.25, 0.3) is 0 Å². The van der Waals surface area contributed by atoms with E-state index in [9.17, 15) is 13.6 Å². The van der Waals surface area contributed by atoms with Crippen molar-refractivity contribution in [3.8, 4) is 0 Å². The summed E-state index contributed by atoms with van der Waals surface area (Å²) in [6.07, 6.45) is 0.890. The lowest BCUT2D eigenvalue weighted by molar-refractivity contribution is 0.0992. The maximum Gasteiger partial charge on any atom is 0.167 e. The molecular formula is C16H13F2NO. The number of ketones is 1. The van der Waals surface area contributed by atoms with Gasteiger partial charge in [0.2, 0.25) is 0 Å². The van der Waals surface area contributed by atoms with Crippen molar-refractivity contribution in [1.82, 2.24) is 0 Å². The molecule has 0 amide bonds. The molecule has 2 nitrogen and oxygen atoms in total.